The molecule has 0 spiro atoms. The average molecular weight is 392 g/mol. The molecule has 0 unspecified atom stereocenters. The van der Waals surface area contributed by atoms with Crippen LogP contribution in [0.25, 0.3) is 0 Å². The number of esters is 1. The second kappa shape index (κ2) is 5.96. The Bertz CT molecular complexity index is 974. The molecule has 9 nitrogen and oxygen atoms in total. The number of carbonyl (C=O) groups excluding carboxylic acids is 3. The summed E-state index contributed by atoms with van der Waals surface area (Å²) in [4.78, 5) is 36.1. The molecule has 150 valence electrons. The molecule has 2 aliphatic rings. The Labute approximate surface area is 160 Å². The highest BCUT2D eigenvalue weighted by Gasteiger charge is 2.68. The Morgan fingerprint density at radius 1 is 1.14 bits per heavy atom. The zero-order valence-corrected chi connectivity index (χ0v) is 16.0. The molecule has 0 saturated carbocycles. The maximum Gasteiger partial charge on any atom is 0.308 e. The van der Waals surface area contributed by atoms with Crippen LogP contribution in [0, 0.1) is 6.92 Å². The molecule has 0 amide bonds. The lowest BCUT2D eigenvalue weighted by Crippen LogP contribution is -2.57. The van der Waals surface area contributed by atoms with E-state index in [0.717, 1.165) is 6.92 Å². The van der Waals surface area contributed by atoms with Crippen LogP contribution in [0.1, 0.15) is 48.7 Å². The molecule has 0 aromatic heterocycles. The number of aliphatic hydroxyl groups is 1. The molecule has 1 aromatic carbocycles. The van der Waals surface area contributed by atoms with Gasteiger partial charge in [0.05, 0.1) is 12.0 Å². The van der Waals surface area contributed by atoms with Gasteiger partial charge in [0, 0.05) is 19.6 Å². The van der Waals surface area contributed by atoms with Crippen LogP contribution < -0.4 is 4.74 Å². The zero-order chi connectivity index (χ0) is 21.2. The summed E-state index contributed by atoms with van der Waals surface area (Å²) < 4.78 is 16.2. The molecular weight excluding hydrogens is 372 g/mol. The molecule has 1 heterocycles. The van der Waals surface area contributed by atoms with Gasteiger partial charge in [-0.15, -0.1) is 0 Å². The summed E-state index contributed by atoms with van der Waals surface area (Å²) in [5.41, 5.74) is -1.99. The van der Waals surface area contributed by atoms with Crippen LogP contribution in [0.2, 0.25) is 0 Å². The lowest BCUT2D eigenvalue weighted by atomic mass is 9.68. The first kappa shape index (κ1) is 19.7. The van der Waals surface area contributed by atoms with Crippen molar-refractivity contribution in [2.75, 3.05) is 7.11 Å². The molecule has 1 aromatic rings. The topological polar surface area (TPSA) is 140 Å². The fourth-order valence-electron chi connectivity index (χ4n) is 3.91. The molecule has 1 aliphatic heterocycles. The summed E-state index contributed by atoms with van der Waals surface area (Å²) in [5.74, 6) is -6.37. The van der Waals surface area contributed by atoms with Gasteiger partial charge >= 0.3 is 5.97 Å². The van der Waals surface area contributed by atoms with Crippen LogP contribution >= 0.6 is 0 Å². The van der Waals surface area contributed by atoms with Crippen LogP contribution in [0.4, 0.5) is 0 Å². The number of aromatic hydroxyl groups is 2. The third-order valence-corrected chi connectivity index (χ3v) is 5.43. The molecule has 3 rings (SSSR count). The van der Waals surface area contributed by atoms with Crippen LogP contribution in [0.3, 0.4) is 0 Å². The predicted octanol–water partition coefficient (Wildman–Crippen LogP) is 1.91. The fraction of sp³-hybridized carbons (Fsp3) is 0.421. The molecular formula is C19H20O9. The molecule has 0 fully saturated rings. The van der Waals surface area contributed by atoms with E-state index in [1.54, 1.807) is 0 Å². The normalized spacial score (nSPS) is 25.8. The lowest BCUT2D eigenvalue weighted by Gasteiger charge is -2.43. The van der Waals surface area contributed by atoms with Gasteiger partial charge in [0.15, 0.2) is 11.5 Å². The predicted molar refractivity (Wildman–Crippen MR) is 93.3 cm³/mol. The van der Waals surface area contributed by atoms with Gasteiger partial charge in [0.25, 0.3) is 0 Å². The number of carbonyl (C=O) groups is 3. The molecule has 2 atom stereocenters. The van der Waals surface area contributed by atoms with E-state index in [2.05, 4.69) is 0 Å². The molecule has 3 N–H and O–H groups in total. The molecule has 28 heavy (non-hydrogen) atoms. The van der Waals surface area contributed by atoms with E-state index in [1.807, 2.05) is 0 Å². The van der Waals surface area contributed by atoms with Gasteiger partial charge in [0.1, 0.15) is 28.2 Å². The standard InChI is InChI=1S/C19H20O9/c1-7-13(23)11(8(2)20)16-12(14(7)24)18(4)17(25)15(27-9(3)21)10(22)6-19(18,26-5)28-16/h23-25H,6H2,1-5H3/t18-,19+/m0/s1. The quantitative estimate of drug-likeness (QED) is 0.520. The van der Waals surface area contributed by atoms with Gasteiger partial charge in [-0.25, -0.2) is 0 Å². The van der Waals surface area contributed by atoms with Gasteiger partial charge in [-0.05, 0) is 20.8 Å². The van der Waals surface area contributed by atoms with Crippen molar-refractivity contribution in [1.29, 1.82) is 0 Å². The first-order valence-electron chi connectivity index (χ1n) is 8.42. The highest BCUT2D eigenvalue weighted by molar-refractivity contribution is 6.03. The highest BCUT2D eigenvalue weighted by atomic mass is 16.7. The Morgan fingerprint density at radius 3 is 2.25 bits per heavy atom. The number of ether oxygens (including phenoxy) is 3. The van der Waals surface area contributed by atoms with Crippen LogP contribution in [0.5, 0.6) is 17.2 Å². The molecule has 9 heteroatoms. The molecule has 0 radical (unpaired) electrons. The molecule has 0 saturated heterocycles. The van der Waals surface area contributed by atoms with E-state index in [4.69, 9.17) is 14.2 Å². The minimum Gasteiger partial charge on any atom is -0.507 e. The summed E-state index contributed by atoms with van der Waals surface area (Å²) in [6.07, 6.45) is -0.474. The highest BCUT2D eigenvalue weighted by Crippen LogP contribution is 2.62. The van der Waals surface area contributed by atoms with Crippen molar-refractivity contribution in [1.82, 2.24) is 0 Å². The minimum absolute atomic E-state index is 0.0144. The van der Waals surface area contributed by atoms with Crippen molar-refractivity contribution in [3.63, 3.8) is 0 Å². The number of rotatable bonds is 3. The molecule has 0 bridgehead atoms. The van der Waals surface area contributed by atoms with Gasteiger partial charge in [-0.1, -0.05) is 0 Å². The van der Waals surface area contributed by atoms with Crippen molar-refractivity contribution in [3.05, 3.63) is 28.2 Å². The monoisotopic (exact) mass is 392 g/mol. The number of methoxy groups -OCH3 is 1. The van der Waals surface area contributed by atoms with Crippen LogP contribution in [0.15, 0.2) is 11.5 Å². The summed E-state index contributed by atoms with van der Waals surface area (Å²) in [6.45, 7) is 5.08. The Morgan fingerprint density at radius 2 is 1.75 bits per heavy atom. The maximum atomic E-state index is 12.5. The lowest BCUT2D eigenvalue weighted by molar-refractivity contribution is -0.202. The summed E-state index contributed by atoms with van der Waals surface area (Å²) in [5, 5.41) is 32.0. The summed E-state index contributed by atoms with van der Waals surface area (Å²) in [7, 11) is 1.23. The van der Waals surface area contributed by atoms with Crippen molar-refractivity contribution in [2.24, 2.45) is 0 Å². The number of hydrogen-bond donors (Lipinski definition) is 3. The third kappa shape index (κ3) is 2.19. The summed E-state index contributed by atoms with van der Waals surface area (Å²) in [6, 6.07) is 0. The largest absolute Gasteiger partial charge is 0.507 e. The SMILES string of the molecule is CO[C@@]12CC(=O)C(OC(C)=O)=C(O)[C@]1(C)c1c(O)c(C)c(O)c(C(C)=O)c1O2. The first-order chi connectivity index (χ1) is 12.9. The van der Waals surface area contributed by atoms with Crippen molar-refractivity contribution in [3.8, 4) is 17.2 Å². The van der Waals surface area contributed by atoms with E-state index < -0.39 is 58.2 Å². The number of phenolic OH excluding ortho intramolecular Hbond substituents is 2. The first-order valence-corrected chi connectivity index (χ1v) is 8.42. The second-order valence-electron chi connectivity index (χ2n) is 7.01. The second-order valence-corrected chi connectivity index (χ2v) is 7.01. The van der Waals surface area contributed by atoms with Crippen LogP contribution in [-0.2, 0) is 24.5 Å². The zero-order valence-electron chi connectivity index (χ0n) is 16.0. The average Bonchev–Trinajstić information content (AvgIpc) is 2.86. The Hall–Kier alpha value is -3.07. The Kier molecular flexibility index (Phi) is 4.19. The van der Waals surface area contributed by atoms with Gasteiger partial charge < -0.3 is 29.5 Å². The number of phenols is 2. The fourth-order valence-corrected chi connectivity index (χ4v) is 3.91. The Balaban J connectivity index is 2.46. The van der Waals surface area contributed by atoms with E-state index in [-0.39, 0.29) is 22.4 Å². The molecule has 1 aliphatic carbocycles. The maximum absolute atomic E-state index is 12.5. The number of Topliss-reactive ketones (excluding diaryl/α,β-unsaturated/α-hetero) is 2. The van der Waals surface area contributed by atoms with Crippen LogP contribution in [-0.4, -0.2) is 45.8 Å². The number of allylic oxidation sites excluding steroid dienone is 1. The number of fused-ring (bicyclic) bond motifs is 3. The number of ketones is 2. The van der Waals surface area contributed by atoms with E-state index in [0.29, 0.717) is 0 Å². The van der Waals surface area contributed by atoms with Gasteiger partial charge in [0.2, 0.25) is 17.3 Å². The smallest absolute Gasteiger partial charge is 0.308 e. The van der Waals surface area contributed by atoms with Crippen molar-refractivity contribution in [2.45, 2.75) is 45.3 Å². The van der Waals surface area contributed by atoms with Crippen molar-refractivity contribution >= 4 is 17.5 Å². The summed E-state index contributed by atoms with van der Waals surface area (Å²) >= 11 is 0. The number of hydrogen-bond acceptors (Lipinski definition) is 9. The minimum atomic E-state index is -1.83. The van der Waals surface area contributed by atoms with Gasteiger partial charge in [-0.2, -0.15) is 0 Å². The number of benzene rings is 1. The number of aliphatic hydroxyl groups excluding tert-OH is 1. The van der Waals surface area contributed by atoms with Gasteiger partial charge in [-0.3, -0.25) is 14.4 Å². The van der Waals surface area contributed by atoms with E-state index in [9.17, 15) is 29.7 Å². The van der Waals surface area contributed by atoms with Crippen molar-refractivity contribution < 1.29 is 43.9 Å². The van der Waals surface area contributed by atoms with E-state index in [1.165, 1.54) is 27.9 Å². The van der Waals surface area contributed by atoms with E-state index >= 15 is 0 Å². The third-order valence-electron chi connectivity index (χ3n) is 5.43.